The molecule has 4 heteroatoms. The van der Waals surface area contributed by atoms with Gasteiger partial charge in [-0.2, -0.15) is 0 Å². The molecule has 2 aromatic rings. The Morgan fingerprint density at radius 3 is 3.10 bits per heavy atom. The Bertz CT molecular complexity index is 626. The molecular weight excluding hydrogens is 264 g/mol. The van der Waals surface area contributed by atoms with Crippen LogP contribution in [0, 0.1) is 0 Å². The average Bonchev–Trinajstić information content (AvgIpc) is 2.54. The SMILES string of the molecule is O=C(Cc1ccc2c(c1)CCCO2)NCc1ccccn1. The highest BCUT2D eigenvalue weighted by Crippen LogP contribution is 2.25. The molecule has 2 heterocycles. The summed E-state index contributed by atoms with van der Waals surface area (Å²) in [4.78, 5) is 16.2. The first-order chi connectivity index (χ1) is 10.3. The molecule has 3 rings (SSSR count). The van der Waals surface area contributed by atoms with Gasteiger partial charge in [0.2, 0.25) is 5.91 Å². The Labute approximate surface area is 124 Å². The smallest absolute Gasteiger partial charge is 0.224 e. The highest BCUT2D eigenvalue weighted by molar-refractivity contribution is 5.78. The maximum atomic E-state index is 12.0. The molecule has 1 aromatic carbocycles. The molecule has 0 saturated heterocycles. The molecule has 0 saturated carbocycles. The number of aryl methyl sites for hydroxylation is 1. The number of carbonyl (C=O) groups is 1. The zero-order valence-corrected chi connectivity index (χ0v) is 11.8. The highest BCUT2D eigenvalue weighted by Gasteiger charge is 2.12. The number of nitrogens with one attached hydrogen (secondary N) is 1. The number of hydrogen-bond acceptors (Lipinski definition) is 3. The summed E-state index contributed by atoms with van der Waals surface area (Å²) in [5, 5.41) is 2.89. The van der Waals surface area contributed by atoms with Crippen molar-refractivity contribution in [2.75, 3.05) is 6.61 Å². The van der Waals surface area contributed by atoms with Gasteiger partial charge in [0.25, 0.3) is 0 Å². The molecule has 1 aliphatic rings. The van der Waals surface area contributed by atoms with Gasteiger partial charge in [0, 0.05) is 6.20 Å². The summed E-state index contributed by atoms with van der Waals surface area (Å²) in [5.41, 5.74) is 3.10. The molecule has 0 spiro atoms. The van der Waals surface area contributed by atoms with Gasteiger partial charge in [0.1, 0.15) is 5.75 Å². The lowest BCUT2D eigenvalue weighted by atomic mass is 10.0. The van der Waals surface area contributed by atoms with Crippen molar-refractivity contribution < 1.29 is 9.53 Å². The third-order valence-corrected chi connectivity index (χ3v) is 3.53. The van der Waals surface area contributed by atoms with Gasteiger partial charge < -0.3 is 10.1 Å². The van der Waals surface area contributed by atoms with E-state index in [0.29, 0.717) is 13.0 Å². The molecular formula is C17H18N2O2. The second kappa shape index (κ2) is 6.39. The van der Waals surface area contributed by atoms with Gasteiger partial charge in [0.05, 0.1) is 25.3 Å². The second-order valence-corrected chi connectivity index (χ2v) is 5.17. The van der Waals surface area contributed by atoms with Crippen LogP contribution in [0.2, 0.25) is 0 Å². The average molecular weight is 282 g/mol. The third-order valence-electron chi connectivity index (χ3n) is 3.53. The molecule has 108 valence electrons. The zero-order valence-electron chi connectivity index (χ0n) is 11.8. The van der Waals surface area contributed by atoms with E-state index in [0.717, 1.165) is 36.5 Å². The van der Waals surface area contributed by atoms with E-state index in [-0.39, 0.29) is 5.91 Å². The molecule has 0 unspecified atom stereocenters. The standard InChI is InChI=1S/C17H18N2O2/c20-17(19-12-15-5-1-2-8-18-15)11-13-6-7-16-14(10-13)4-3-9-21-16/h1-2,5-8,10H,3-4,9,11-12H2,(H,19,20). The molecule has 0 aliphatic carbocycles. The summed E-state index contributed by atoms with van der Waals surface area (Å²) in [5.74, 6) is 0.969. The van der Waals surface area contributed by atoms with Gasteiger partial charge in [-0.3, -0.25) is 9.78 Å². The van der Waals surface area contributed by atoms with Crippen molar-refractivity contribution in [3.63, 3.8) is 0 Å². The highest BCUT2D eigenvalue weighted by atomic mass is 16.5. The van der Waals surface area contributed by atoms with Crippen LogP contribution in [-0.2, 0) is 24.2 Å². The summed E-state index contributed by atoms with van der Waals surface area (Å²) in [7, 11) is 0. The number of amides is 1. The predicted molar refractivity (Wildman–Crippen MR) is 80.0 cm³/mol. The minimum Gasteiger partial charge on any atom is -0.493 e. The second-order valence-electron chi connectivity index (χ2n) is 5.17. The van der Waals surface area contributed by atoms with Gasteiger partial charge in [0.15, 0.2) is 0 Å². The summed E-state index contributed by atoms with van der Waals surface area (Å²) >= 11 is 0. The van der Waals surface area contributed by atoms with Crippen LogP contribution in [0.3, 0.4) is 0 Å². The largest absolute Gasteiger partial charge is 0.493 e. The summed E-state index contributed by atoms with van der Waals surface area (Å²) in [6, 6.07) is 11.7. The molecule has 0 fully saturated rings. The van der Waals surface area contributed by atoms with Crippen LogP contribution < -0.4 is 10.1 Å². The quantitative estimate of drug-likeness (QED) is 0.936. The van der Waals surface area contributed by atoms with E-state index in [2.05, 4.69) is 16.4 Å². The van der Waals surface area contributed by atoms with Gasteiger partial charge in [-0.1, -0.05) is 18.2 Å². The molecule has 4 nitrogen and oxygen atoms in total. The van der Waals surface area contributed by atoms with Crippen molar-refractivity contribution in [2.45, 2.75) is 25.8 Å². The minimum absolute atomic E-state index is 0.0114. The van der Waals surface area contributed by atoms with E-state index < -0.39 is 0 Å². The van der Waals surface area contributed by atoms with Crippen molar-refractivity contribution in [2.24, 2.45) is 0 Å². The van der Waals surface area contributed by atoms with Crippen LogP contribution in [0.25, 0.3) is 0 Å². The van der Waals surface area contributed by atoms with Crippen LogP contribution in [-0.4, -0.2) is 17.5 Å². The Balaban J connectivity index is 1.57. The fourth-order valence-corrected chi connectivity index (χ4v) is 2.46. The third kappa shape index (κ3) is 3.60. The number of nitrogens with zero attached hydrogens (tertiary/aromatic N) is 1. The van der Waals surface area contributed by atoms with Gasteiger partial charge >= 0.3 is 0 Å². The Morgan fingerprint density at radius 2 is 2.24 bits per heavy atom. The lowest BCUT2D eigenvalue weighted by molar-refractivity contribution is -0.120. The van der Waals surface area contributed by atoms with Gasteiger partial charge in [-0.05, 0) is 42.2 Å². The Morgan fingerprint density at radius 1 is 1.29 bits per heavy atom. The van der Waals surface area contributed by atoms with Crippen molar-refractivity contribution in [1.82, 2.24) is 10.3 Å². The Hall–Kier alpha value is -2.36. The van der Waals surface area contributed by atoms with E-state index in [1.807, 2.05) is 30.3 Å². The maximum Gasteiger partial charge on any atom is 0.224 e. The normalized spacial score (nSPS) is 13.1. The van der Waals surface area contributed by atoms with Gasteiger partial charge in [-0.25, -0.2) is 0 Å². The van der Waals surface area contributed by atoms with Crippen molar-refractivity contribution in [3.05, 3.63) is 59.4 Å². The first-order valence-electron chi connectivity index (χ1n) is 7.22. The lowest BCUT2D eigenvalue weighted by Crippen LogP contribution is -2.25. The molecule has 21 heavy (non-hydrogen) atoms. The number of hydrogen-bond donors (Lipinski definition) is 1. The number of fused-ring (bicyclic) bond motifs is 1. The predicted octanol–water partition coefficient (Wildman–Crippen LogP) is 2.27. The molecule has 0 bridgehead atoms. The van der Waals surface area contributed by atoms with E-state index in [4.69, 9.17) is 4.74 Å². The zero-order chi connectivity index (χ0) is 14.5. The number of aromatic nitrogens is 1. The van der Waals surface area contributed by atoms with E-state index in [9.17, 15) is 4.79 Å². The lowest BCUT2D eigenvalue weighted by Gasteiger charge is -2.17. The molecule has 1 aromatic heterocycles. The van der Waals surface area contributed by atoms with Gasteiger partial charge in [-0.15, -0.1) is 0 Å². The monoisotopic (exact) mass is 282 g/mol. The van der Waals surface area contributed by atoms with Crippen LogP contribution in [0.4, 0.5) is 0 Å². The van der Waals surface area contributed by atoms with E-state index in [1.165, 1.54) is 5.56 Å². The maximum absolute atomic E-state index is 12.0. The number of ether oxygens (including phenoxy) is 1. The molecule has 1 N–H and O–H groups in total. The topological polar surface area (TPSA) is 51.2 Å². The molecule has 1 amide bonds. The number of pyridine rings is 1. The van der Waals surface area contributed by atoms with Crippen molar-refractivity contribution >= 4 is 5.91 Å². The van der Waals surface area contributed by atoms with Crippen LogP contribution in [0.1, 0.15) is 23.2 Å². The van der Waals surface area contributed by atoms with Crippen molar-refractivity contribution in [1.29, 1.82) is 0 Å². The summed E-state index contributed by atoms with van der Waals surface area (Å²) in [6.07, 6.45) is 4.19. The van der Waals surface area contributed by atoms with E-state index in [1.54, 1.807) is 6.20 Å². The first kappa shape index (κ1) is 13.6. The molecule has 0 radical (unpaired) electrons. The first-order valence-corrected chi connectivity index (χ1v) is 7.22. The van der Waals surface area contributed by atoms with Crippen LogP contribution >= 0.6 is 0 Å². The Kier molecular flexibility index (Phi) is 4.15. The van der Waals surface area contributed by atoms with Crippen molar-refractivity contribution in [3.8, 4) is 5.75 Å². The molecule has 1 aliphatic heterocycles. The fourth-order valence-electron chi connectivity index (χ4n) is 2.46. The number of rotatable bonds is 4. The van der Waals surface area contributed by atoms with Crippen LogP contribution in [0.15, 0.2) is 42.6 Å². The van der Waals surface area contributed by atoms with Crippen LogP contribution in [0.5, 0.6) is 5.75 Å². The fraction of sp³-hybridized carbons (Fsp3) is 0.294. The number of carbonyl (C=O) groups excluding carboxylic acids is 1. The molecule has 0 atom stereocenters. The number of benzene rings is 1. The summed E-state index contributed by atoms with van der Waals surface area (Å²) < 4.78 is 5.58. The van der Waals surface area contributed by atoms with E-state index >= 15 is 0 Å². The summed E-state index contributed by atoms with van der Waals surface area (Å²) in [6.45, 7) is 1.25. The minimum atomic E-state index is 0.0114.